The van der Waals surface area contributed by atoms with E-state index in [0.29, 0.717) is 33.8 Å². The Balaban J connectivity index is 1.86. The summed E-state index contributed by atoms with van der Waals surface area (Å²) in [5.41, 5.74) is 2.21. The number of carbonyl (C=O) groups is 1. The molecular formula is C18H19N3O3. The summed E-state index contributed by atoms with van der Waals surface area (Å²) in [4.78, 5) is 19.6. The van der Waals surface area contributed by atoms with Gasteiger partial charge in [0.2, 0.25) is 0 Å². The van der Waals surface area contributed by atoms with Crippen molar-refractivity contribution >= 4 is 17.0 Å². The third-order valence-corrected chi connectivity index (χ3v) is 4.68. The van der Waals surface area contributed by atoms with Gasteiger partial charge in [0.15, 0.2) is 5.76 Å². The van der Waals surface area contributed by atoms with Crippen molar-refractivity contribution in [1.29, 1.82) is 0 Å². The number of amides is 1. The lowest BCUT2D eigenvalue weighted by atomic mass is 10.0. The summed E-state index contributed by atoms with van der Waals surface area (Å²) >= 11 is 0. The number of nitrogens with zero attached hydrogens (tertiary/aromatic N) is 3. The molecule has 6 heteroatoms. The average Bonchev–Trinajstić information content (AvgIpc) is 3.24. The fourth-order valence-corrected chi connectivity index (χ4v) is 3.37. The van der Waals surface area contributed by atoms with Crippen molar-refractivity contribution in [2.24, 2.45) is 0 Å². The van der Waals surface area contributed by atoms with Crippen molar-refractivity contribution < 1.29 is 13.7 Å². The van der Waals surface area contributed by atoms with Gasteiger partial charge in [-0.15, -0.1) is 0 Å². The van der Waals surface area contributed by atoms with E-state index in [1.807, 2.05) is 17.9 Å². The predicted molar refractivity (Wildman–Crippen MR) is 88.6 cm³/mol. The van der Waals surface area contributed by atoms with Crippen LogP contribution < -0.4 is 0 Å². The van der Waals surface area contributed by atoms with Gasteiger partial charge in [-0.25, -0.2) is 4.98 Å². The Hall–Kier alpha value is -2.63. The van der Waals surface area contributed by atoms with Crippen LogP contribution in [0, 0.1) is 6.92 Å². The third-order valence-electron chi connectivity index (χ3n) is 4.68. The normalized spacial score (nSPS) is 18.2. The molecule has 3 aromatic heterocycles. The first-order chi connectivity index (χ1) is 11.6. The molecule has 1 fully saturated rings. The summed E-state index contributed by atoms with van der Waals surface area (Å²) in [7, 11) is 0. The molecule has 1 aliphatic heterocycles. The summed E-state index contributed by atoms with van der Waals surface area (Å²) in [6, 6.07) is 5.63. The van der Waals surface area contributed by atoms with Crippen molar-refractivity contribution in [2.45, 2.75) is 39.2 Å². The highest BCUT2D eigenvalue weighted by Gasteiger charge is 2.28. The molecule has 24 heavy (non-hydrogen) atoms. The third kappa shape index (κ3) is 2.38. The minimum absolute atomic E-state index is 0.00806. The van der Waals surface area contributed by atoms with Crippen LogP contribution in [-0.2, 0) is 0 Å². The lowest BCUT2D eigenvalue weighted by molar-refractivity contribution is 0.0637. The second kappa shape index (κ2) is 5.78. The molecule has 1 amide bonds. The minimum Gasteiger partial charge on any atom is -0.463 e. The standard InChI is InChI=1S/C18H19N3O3/c1-11-6-3-4-8-21(11)18(22)13-10-14(15-7-5-9-23-15)19-17-16(13)12(2)20-24-17/h5,7,9-11H,3-4,6,8H2,1-2H3. The smallest absolute Gasteiger partial charge is 0.259 e. The summed E-state index contributed by atoms with van der Waals surface area (Å²) in [5, 5.41) is 4.67. The number of furan rings is 1. The lowest BCUT2D eigenvalue weighted by Gasteiger charge is -2.33. The molecule has 1 atom stereocenters. The maximum atomic E-state index is 13.2. The molecule has 0 N–H and O–H groups in total. The monoisotopic (exact) mass is 325 g/mol. The largest absolute Gasteiger partial charge is 0.463 e. The minimum atomic E-state index is 0.00806. The number of aromatic nitrogens is 2. The Morgan fingerprint density at radius 3 is 3.00 bits per heavy atom. The molecule has 0 bridgehead atoms. The highest BCUT2D eigenvalue weighted by atomic mass is 16.5. The predicted octanol–water partition coefficient (Wildman–Crippen LogP) is 3.81. The van der Waals surface area contributed by atoms with Crippen molar-refractivity contribution in [3.63, 3.8) is 0 Å². The van der Waals surface area contributed by atoms with E-state index in [1.54, 1.807) is 18.4 Å². The van der Waals surface area contributed by atoms with E-state index in [4.69, 9.17) is 8.94 Å². The van der Waals surface area contributed by atoms with Gasteiger partial charge in [-0.3, -0.25) is 4.79 Å². The topological polar surface area (TPSA) is 72.4 Å². The summed E-state index contributed by atoms with van der Waals surface area (Å²) in [6.45, 7) is 4.71. The zero-order valence-electron chi connectivity index (χ0n) is 13.8. The second-order valence-electron chi connectivity index (χ2n) is 6.32. The lowest BCUT2D eigenvalue weighted by Crippen LogP contribution is -2.42. The van der Waals surface area contributed by atoms with Gasteiger partial charge in [0.05, 0.1) is 22.9 Å². The van der Waals surface area contributed by atoms with Crippen LogP contribution in [0.3, 0.4) is 0 Å². The Morgan fingerprint density at radius 1 is 1.38 bits per heavy atom. The van der Waals surface area contributed by atoms with Gasteiger partial charge in [-0.05, 0) is 51.3 Å². The van der Waals surface area contributed by atoms with Crippen LogP contribution in [0.2, 0.25) is 0 Å². The van der Waals surface area contributed by atoms with Gasteiger partial charge < -0.3 is 13.8 Å². The Kier molecular flexibility index (Phi) is 3.59. The summed E-state index contributed by atoms with van der Waals surface area (Å²) in [6.07, 6.45) is 4.83. The van der Waals surface area contributed by atoms with Crippen LogP contribution >= 0.6 is 0 Å². The van der Waals surface area contributed by atoms with Crippen molar-refractivity contribution in [3.8, 4) is 11.5 Å². The number of rotatable bonds is 2. The Labute approximate surface area is 139 Å². The maximum Gasteiger partial charge on any atom is 0.259 e. The van der Waals surface area contributed by atoms with E-state index in [2.05, 4.69) is 17.1 Å². The number of likely N-dealkylation sites (tertiary alicyclic amines) is 1. The van der Waals surface area contributed by atoms with Gasteiger partial charge in [0, 0.05) is 12.6 Å². The van der Waals surface area contributed by atoms with Crippen molar-refractivity contribution in [2.75, 3.05) is 6.54 Å². The quantitative estimate of drug-likeness (QED) is 0.716. The van der Waals surface area contributed by atoms with Gasteiger partial charge in [0.1, 0.15) is 5.69 Å². The molecule has 0 aliphatic carbocycles. The molecule has 0 saturated carbocycles. The molecule has 6 nitrogen and oxygen atoms in total. The van der Waals surface area contributed by atoms with E-state index in [9.17, 15) is 4.79 Å². The van der Waals surface area contributed by atoms with Gasteiger partial charge in [-0.2, -0.15) is 0 Å². The average molecular weight is 325 g/mol. The molecule has 1 aliphatic rings. The van der Waals surface area contributed by atoms with Crippen LogP contribution in [0.25, 0.3) is 22.6 Å². The molecular weight excluding hydrogens is 306 g/mol. The molecule has 3 aromatic rings. The first kappa shape index (κ1) is 14.9. The van der Waals surface area contributed by atoms with Crippen LogP contribution in [-0.4, -0.2) is 33.5 Å². The van der Waals surface area contributed by atoms with Crippen LogP contribution in [0.4, 0.5) is 0 Å². The van der Waals surface area contributed by atoms with Gasteiger partial charge in [-0.1, -0.05) is 5.16 Å². The van der Waals surface area contributed by atoms with Crippen LogP contribution in [0.5, 0.6) is 0 Å². The number of hydrogen-bond acceptors (Lipinski definition) is 5. The van der Waals surface area contributed by atoms with Crippen LogP contribution in [0.15, 0.2) is 33.4 Å². The molecule has 0 aromatic carbocycles. The van der Waals surface area contributed by atoms with E-state index in [0.717, 1.165) is 19.4 Å². The number of aryl methyl sites for hydroxylation is 1. The van der Waals surface area contributed by atoms with E-state index >= 15 is 0 Å². The zero-order valence-corrected chi connectivity index (χ0v) is 13.8. The molecule has 4 heterocycles. The second-order valence-corrected chi connectivity index (χ2v) is 6.32. The Bertz CT molecular complexity index is 882. The SMILES string of the molecule is Cc1noc2nc(-c3ccco3)cc(C(=O)N3CCCCC3C)c12. The molecule has 4 rings (SSSR count). The van der Waals surface area contributed by atoms with E-state index in [1.165, 1.54) is 6.42 Å². The molecule has 1 unspecified atom stereocenters. The molecule has 0 radical (unpaired) electrons. The highest BCUT2D eigenvalue weighted by molar-refractivity contribution is 6.07. The van der Waals surface area contributed by atoms with Crippen molar-refractivity contribution in [3.05, 3.63) is 35.7 Å². The Morgan fingerprint density at radius 2 is 2.25 bits per heavy atom. The summed E-state index contributed by atoms with van der Waals surface area (Å²) < 4.78 is 10.7. The molecule has 0 spiro atoms. The maximum absolute atomic E-state index is 13.2. The first-order valence-corrected chi connectivity index (χ1v) is 8.27. The van der Waals surface area contributed by atoms with Crippen LogP contribution in [0.1, 0.15) is 42.2 Å². The summed E-state index contributed by atoms with van der Waals surface area (Å²) in [5.74, 6) is 0.611. The van der Waals surface area contributed by atoms with Crippen molar-refractivity contribution in [1.82, 2.24) is 15.0 Å². The number of hydrogen-bond donors (Lipinski definition) is 0. The number of pyridine rings is 1. The zero-order chi connectivity index (χ0) is 16.7. The fraction of sp³-hybridized carbons (Fsp3) is 0.389. The number of fused-ring (bicyclic) bond motifs is 1. The van der Waals surface area contributed by atoms with E-state index in [-0.39, 0.29) is 11.9 Å². The molecule has 124 valence electrons. The molecule has 1 saturated heterocycles. The highest BCUT2D eigenvalue weighted by Crippen LogP contribution is 2.29. The van der Waals surface area contributed by atoms with E-state index < -0.39 is 0 Å². The first-order valence-electron chi connectivity index (χ1n) is 8.27. The van der Waals surface area contributed by atoms with Gasteiger partial charge >= 0.3 is 0 Å². The van der Waals surface area contributed by atoms with Gasteiger partial charge in [0.25, 0.3) is 11.6 Å². The number of carbonyl (C=O) groups excluding carboxylic acids is 1. The number of piperidine rings is 1. The fourth-order valence-electron chi connectivity index (χ4n) is 3.37.